The van der Waals surface area contributed by atoms with Crippen molar-refractivity contribution in [3.63, 3.8) is 0 Å². The van der Waals surface area contributed by atoms with E-state index in [0.29, 0.717) is 0 Å². The molecule has 0 unspecified atom stereocenters. The molecule has 3 aliphatic carbocycles. The maximum absolute atomic E-state index is 3.38. The van der Waals surface area contributed by atoms with E-state index in [1.54, 1.807) is 0 Å². The van der Waals surface area contributed by atoms with Crippen molar-refractivity contribution in [1.82, 2.24) is 0 Å². The van der Waals surface area contributed by atoms with E-state index < -0.39 is 0 Å². The first-order chi connectivity index (χ1) is 9.45. The Morgan fingerprint density at radius 2 is 0.842 bits per heavy atom. The molecule has 3 rings (SSSR count). The second-order valence-corrected chi connectivity index (χ2v) is 6.23. The van der Waals surface area contributed by atoms with Gasteiger partial charge in [0.15, 0.2) is 0 Å². The van der Waals surface area contributed by atoms with Gasteiger partial charge in [-0.05, 0) is 37.5 Å². The maximum atomic E-state index is 3.38. The molecule has 0 N–H and O–H groups in total. The van der Waals surface area contributed by atoms with Gasteiger partial charge < -0.3 is 0 Å². The first kappa shape index (κ1) is 14.5. The molecule has 0 amide bonds. The van der Waals surface area contributed by atoms with Gasteiger partial charge in [0.25, 0.3) is 0 Å². The molecular weight excluding hydrogens is 228 g/mol. The molecule has 19 heavy (non-hydrogen) atoms. The molecule has 0 atom stereocenters. The molecule has 0 aromatic rings. The topological polar surface area (TPSA) is 0 Å². The Bertz CT molecular complexity index is 313. The summed E-state index contributed by atoms with van der Waals surface area (Å²) in [6.07, 6.45) is 16.8. The molecule has 104 valence electrons. The summed E-state index contributed by atoms with van der Waals surface area (Å²) in [5, 5.41) is 0. The normalized spacial score (nSPS) is 29.5. The summed E-state index contributed by atoms with van der Waals surface area (Å²) in [6, 6.07) is 0. The molecule has 0 saturated heterocycles. The van der Waals surface area contributed by atoms with Crippen LogP contribution in [0.2, 0.25) is 0 Å². The van der Waals surface area contributed by atoms with Crippen LogP contribution in [0, 0.1) is 35.5 Å². The van der Waals surface area contributed by atoms with Crippen molar-refractivity contribution in [3.8, 4) is 23.7 Å². The lowest BCUT2D eigenvalue weighted by molar-refractivity contribution is 0.256. The van der Waals surface area contributed by atoms with Crippen molar-refractivity contribution < 1.29 is 0 Å². The fraction of sp³-hybridized carbons (Fsp3) is 0.789. The van der Waals surface area contributed by atoms with Gasteiger partial charge in [-0.2, -0.15) is 0 Å². The third-order valence-corrected chi connectivity index (χ3v) is 4.68. The highest BCUT2D eigenvalue weighted by Crippen LogP contribution is 2.33. The van der Waals surface area contributed by atoms with Crippen LogP contribution in [-0.4, -0.2) is 0 Å². The standard InChI is InChI=1S/C19H28/c1-2-4-6-8-10-12-18-14-16-19(17-15-18)13-11-9-7-5-3-1/h18-19H,1-5,10-17H2. The van der Waals surface area contributed by atoms with Crippen molar-refractivity contribution in [2.75, 3.05) is 0 Å². The number of hydrogen-bond donors (Lipinski definition) is 0. The van der Waals surface area contributed by atoms with Gasteiger partial charge >= 0.3 is 0 Å². The van der Waals surface area contributed by atoms with E-state index in [9.17, 15) is 0 Å². The molecule has 0 heterocycles. The molecule has 0 nitrogen and oxygen atoms in total. The number of hydrogen-bond acceptors (Lipinski definition) is 0. The third-order valence-electron chi connectivity index (χ3n) is 4.68. The fourth-order valence-electron chi connectivity index (χ4n) is 3.32. The van der Waals surface area contributed by atoms with Crippen LogP contribution in [0.3, 0.4) is 0 Å². The minimum Gasteiger partial charge on any atom is -0.103 e. The minimum atomic E-state index is 0.965. The van der Waals surface area contributed by atoms with Gasteiger partial charge in [-0.3, -0.25) is 0 Å². The molecular formula is C19H28. The Morgan fingerprint density at radius 3 is 1.32 bits per heavy atom. The van der Waals surface area contributed by atoms with Crippen LogP contribution in [0.4, 0.5) is 0 Å². The molecule has 3 aliphatic rings. The van der Waals surface area contributed by atoms with Gasteiger partial charge in [0.1, 0.15) is 0 Å². The van der Waals surface area contributed by atoms with Crippen LogP contribution in [0.25, 0.3) is 0 Å². The van der Waals surface area contributed by atoms with E-state index in [1.807, 2.05) is 0 Å². The maximum Gasteiger partial charge on any atom is 0.00913 e. The van der Waals surface area contributed by atoms with E-state index in [-0.39, 0.29) is 0 Å². The van der Waals surface area contributed by atoms with Crippen LogP contribution in [0.15, 0.2) is 0 Å². The van der Waals surface area contributed by atoms with Crippen LogP contribution in [-0.2, 0) is 0 Å². The minimum absolute atomic E-state index is 0.965. The molecule has 1 saturated carbocycles. The van der Waals surface area contributed by atoms with Crippen LogP contribution < -0.4 is 0 Å². The van der Waals surface area contributed by atoms with Gasteiger partial charge in [-0.1, -0.05) is 32.1 Å². The van der Waals surface area contributed by atoms with Crippen molar-refractivity contribution in [3.05, 3.63) is 0 Å². The monoisotopic (exact) mass is 256 g/mol. The summed E-state index contributed by atoms with van der Waals surface area (Å²) in [5.41, 5.74) is 0. The second-order valence-electron chi connectivity index (χ2n) is 6.23. The highest BCUT2D eigenvalue weighted by atomic mass is 14.2. The Morgan fingerprint density at radius 1 is 0.421 bits per heavy atom. The quantitative estimate of drug-likeness (QED) is 0.514. The molecule has 0 aromatic heterocycles. The predicted octanol–water partition coefficient (Wildman–Crippen LogP) is 5.32. The van der Waals surface area contributed by atoms with Crippen molar-refractivity contribution in [2.24, 2.45) is 11.8 Å². The molecule has 1 fully saturated rings. The van der Waals surface area contributed by atoms with Gasteiger partial charge in [0.05, 0.1) is 0 Å². The first-order valence-corrected chi connectivity index (χ1v) is 8.36. The van der Waals surface area contributed by atoms with Gasteiger partial charge in [0.2, 0.25) is 0 Å². The lowest BCUT2D eigenvalue weighted by Gasteiger charge is -2.27. The average Bonchev–Trinajstić information content (AvgIpc) is 2.45. The van der Waals surface area contributed by atoms with E-state index in [1.165, 1.54) is 57.8 Å². The molecule has 0 radical (unpaired) electrons. The van der Waals surface area contributed by atoms with Gasteiger partial charge in [-0.15, -0.1) is 23.7 Å². The van der Waals surface area contributed by atoms with E-state index in [4.69, 9.17) is 0 Å². The zero-order valence-corrected chi connectivity index (χ0v) is 12.3. The summed E-state index contributed by atoms with van der Waals surface area (Å²) in [5.74, 6) is 15.4. The fourth-order valence-corrected chi connectivity index (χ4v) is 3.32. The van der Waals surface area contributed by atoms with Crippen molar-refractivity contribution >= 4 is 0 Å². The highest BCUT2D eigenvalue weighted by Gasteiger charge is 2.19. The van der Waals surface area contributed by atoms with Crippen molar-refractivity contribution in [1.29, 1.82) is 0 Å². The third kappa shape index (κ3) is 6.20. The molecule has 2 bridgehead atoms. The summed E-state index contributed by atoms with van der Waals surface area (Å²) in [4.78, 5) is 0. The summed E-state index contributed by atoms with van der Waals surface area (Å²) < 4.78 is 0. The summed E-state index contributed by atoms with van der Waals surface area (Å²) >= 11 is 0. The van der Waals surface area contributed by atoms with Crippen molar-refractivity contribution in [2.45, 2.75) is 83.5 Å². The first-order valence-electron chi connectivity index (χ1n) is 8.36. The van der Waals surface area contributed by atoms with Gasteiger partial charge in [0, 0.05) is 25.7 Å². The molecule has 0 spiro atoms. The Kier molecular flexibility index (Phi) is 6.95. The van der Waals surface area contributed by atoms with E-state index in [0.717, 1.165) is 37.5 Å². The lowest BCUT2D eigenvalue weighted by Crippen LogP contribution is -2.14. The summed E-state index contributed by atoms with van der Waals surface area (Å²) in [6.45, 7) is 0. The molecule has 0 heteroatoms. The average molecular weight is 256 g/mol. The predicted molar refractivity (Wildman–Crippen MR) is 82.6 cm³/mol. The zero-order valence-electron chi connectivity index (χ0n) is 12.3. The molecule has 0 aromatic carbocycles. The summed E-state index contributed by atoms with van der Waals surface area (Å²) in [7, 11) is 0. The second kappa shape index (κ2) is 9.09. The van der Waals surface area contributed by atoms with Gasteiger partial charge in [-0.25, -0.2) is 0 Å². The highest BCUT2D eigenvalue weighted by molar-refractivity contribution is 5.00. The smallest absolute Gasteiger partial charge is 0.00913 e. The number of fused-ring (bicyclic) bond motifs is 12. The largest absolute Gasteiger partial charge is 0.103 e. The van der Waals surface area contributed by atoms with Crippen LogP contribution in [0.1, 0.15) is 83.5 Å². The van der Waals surface area contributed by atoms with Crippen LogP contribution in [0.5, 0.6) is 0 Å². The SMILES string of the molecule is C1#CCCC2CCC(CCC#CCCCCC1)CC2. The zero-order chi connectivity index (χ0) is 13.2. The Labute approximate surface area is 119 Å². The Balaban J connectivity index is 1.80. The van der Waals surface area contributed by atoms with Crippen LogP contribution >= 0.6 is 0 Å². The van der Waals surface area contributed by atoms with E-state index >= 15 is 0 Å². The number of rotatable bonds is 0. The lowest BCUT2D eigenvalue weighted by atomic mass is 9.78. The molecule has 0 aliphatic heterocycles. The van der Waals surface area contributed by atoms with E-state index in [2.05, 4.69) is 23.7 Å². The Hall–Kier alpha value is -0.880.